The Bertz CT molecular complexity index is 1110. The molecular formula is C20H17N5O3. The molecule has 4 rings (SSSR count). The number of hydrogen-bond donors (Lipinski definition) is 1. The fourth-order valence-corrected chi connectivity index (χ4v) is 2.63. The van der Waals surface area contributed by atoms with Crippen LogP contribution in [-0.4, -0.2) is 32.8 Å². The van der Waals surface area contributed by atoms with Gasteiger partial charge in [-0.1, -0.05) is 0 Å². The van der Waals surface area contributed by atoms with E-state index >= 15 is 0 Å². The molecule has 1 N–H and O–H groups in total. The van der Waals surface area contributed by atoms with Crippen LogP contribution >= 0.6 is 0 Å². The summed E-state index contributed by atoms with van der Waals surface area (Å²) in [7, 11) is 1.63. The van der Waals surface area contributed by atoms with E-state index in [9.17, 15) is 4.79 Å². The van der Waals surface area contributed by atoms with Gasteiger partial charge in [0.15, 0.2) is 11.5 Å². The summed E-state index contributed by atoms with van der Waals surface area (Å²) < 4.78 is 12.0. The highest BCUT2D eigenvalue weighted by atomic mass is 16.5. The maximum atomic E-state index is 12.0. The van der Waals surface area contributed by atoms with Gasteiger partial charge in [0.05, 0.1) is 25.6 Å². The van der Waals surface area contributed by atoms with Crippen molar-refractivity contribution >= 4 is 17.6 Å². The molecule has 28 heavy (non-hydrogen) atoms. The summed E-state index contributed by atoms with van der Waals surface area (Å²) in [5.41, 5.74) is 2.31. The van der Waals surface area contributed by atoms with Crippen molar-refractivity contribution in [1.29, 1.82) is 0 Å². The van der Waals surface area contributed by atoms with E-state index in [-0.39, 0.29) is 12.5 Å². The van der Waals surface area contributed by atoms with Crippen LogP contribution in [0.1, 0.15) is 11.6 Å². The van der Waals surface area contributed by atoms with Gasteiger partial charge in [-0.15, -0.1) is 10.2 Å². The average molecular weight is 375 g/mol. The number of fused-ring (bicyclic) bond motifs is 1. The van der Waals surface area contributed by atoms with Crippen LogP contribution in [0.5, 0.6) is 5.75 Å². The molecule has 8 nitrogen and oxygen atoms in total. The van der Waals surface area contributed by atoms with E-state index in [0.717, 1.165) is 17.0 Å². The first-order valence-electron chi connectivity index (χ1n) is 8.58. The quantitative estimate of drug-likeness (QED) is 0.521. The molecule has 0 fully saturated rings. The number of carbonyl (C=O) groups excluding carboxylic acids is 1. The number of methoxy groups -OCH3 is 1. The van der Waals surface area contributed by atoms with Crippen LogP contribution in [0.25, 0.3) is 23.0 Å². The molecule has 8 heteroatoms. The maximum absolute atomic E-state index is 12.0. The Morgan fingerprint density at radius 3 is 2.79 bits per heavy atom. The maximum Gasteiger partial charge on any atom is 0.244 e. The number of carbonyl (C=O) groups is 1. The van der Waals surface area contributed by atoms with E-state index < -0.39 is 0 Å². The molecule has 0 saturated heterocycles. The third-order valence-electron chi connectivity index (χ3n) is 4.08. The lowest BCUT2D eigenvalue weighted by Crippen LogP contribution is -2.22. The molecule has 3 aromatic heterocycles. The highest BCUT2D eigenvalue weighted by molar-refractivity contribution is 5.91. The van der Waals surface area contributed by atoms with Crippen LogP contribution in [0.4, 0.5) is 0 Å². The van der Waals surface area contributed by atoms with Crippen LogP contribution in [0.15, 0.2) is 65.3 Å². The Morgan fingerprint density at radius 1 is 1.18 bits per heavy atom. The number of furan rings is 1. The smallest absolute Gasteiger partial charge is 0.244 e. The Kier molecular flexibility index (Phi) is 4.83. The van der Waals surface area contributed by atoms with E-state index in [2.05, 4.69) is 20.6 Å². The second-order valence-corrected chi connectivity index (χ2v) is 5.90. The van der Waals surface area contributed by atoms with Crippen molar-refractivity contribution < 1.29 is 13.9 Å². The molecule has 0 spiro atoms. The first-order chi connectivity index (χ1) is 13.7. The SMILES string of the molecule is COc1ccc(-c2ccc3nnc(CNC(=O)/C=C/c4ccco4)n3n2)cc1. The van der Waals surface area contributed by atoms with Crippen LogP contribution in [0, 0.1) is 0 Å². The Morgan fingerprint density at radius 2 is 2.04 bits per heavy atom. The van der Waals surface area contributed by atoms with Crippen LogP contribution < -0.4 is 10.1 Å². The van der Waals surface area contributed by atoms with E-state index in [1.54, 1.807) is 36.1 Å². The van der Waals surface area contributed by atoms with E-state index in [0.29, 0.717) is 17.2 Å². The summed E-state index contributed by atoms with van der Waals surface area (Å²) >= 11 is 0. The van der Waals surface area contributed by atoms with Crippen molar-refractivity contribution in [2.24, 2.45) is 0 Å². The summed E-state index contributed by atoms with van der Waals surface area (Å²) in [5.74, 6) is 1.65. The fraction of sp³-hybridized carbons (Fsp3) is 0.100. The van der Waals surface area contributed by atoms with E-state index in [4.69, 9.17) is 9.15 Å². The molecule has 140 valence electrons. The Hall–Kier alpha value is -3.94. The van der Waals surface area contributed by atoms with Gasteiger partial charge < -0.3 is 14.5 Å². The molecule has 4 aromatic rings. The first-order valence-corrected chi connectivity index (χ1v) is 8.58. The zero-order valence-corrected chi connectivity index (χ0v) is 15.1. The number of benzene rings is 1. The molecule has 1 aromatic carbocycles. The first kappa shape index (κ1) is 17.5. The van der Waals surface area contributed by atoms with Gasteiger partial charge >= 0.3 is 0 Å². The summed E-state index contributed by atoms with van der Waals surface area (Å²) in [6.45, 7) is 0.196. The second kappa shape index (κ2) is 7.75. The predicted molar refractivity (Wildman–Crippen MR) is 102 cm³/mol. The van der Waals surface area contributed by atoms with Crippen LogP contribution in [0.2, 0.25) is 0 Å². The van der Waals surface area contributed by atoms with Crippen LogP contribution in [0.3, 0.4) is 0 Å². The molecule has 0 radical (unpaired) electrons. The van der Waals surface area contributed by atoms with Gasteiger partial charge in [0, 0.05) is 11.6 Å². The largest absolute Gasteiger partial charge is 0.497 e. The Balaban J connectivity index is 1.50. The zero-order chi connectivity index (χ0) is 19.3. The molecule has 0 aliphatic rings. The van der Waals surface area contributed by atoms with Crippen molar-refractivity contribution in [2.45, 2.75) is 6.54 Å². The highest BCUT2D eigenvalue weighted by Crippen LogP contribution is 2.20. The standard InChI is InChI=1S/C20H17N5O3/c1-27-15-6-4-14(5-7-15)17-9-10-18-22-23-19(25(18)24-17)13-21-20(26)11-8-16-3-2-12-28-16/h2-12H,13H2,1H3,(H,21,26)/b11-8+. The molecule has 0 bridgehead atoms. The van der Waals surface area contributed by atoms with Crippen molar-refractivity contribution in [3.05, 3.63) is 72.5 Å². The lowest BCUT2D eigenvalue weighted by Gasteiger charge is -2.05. The minimum Gasteiger partial charge on any atom is -0.497 e. The molecule has 0 aliphatic carbocycles. The third kappa shape index (κ3) is 3.75. The van der Waals surface area contributed by atoms with Gasteiger partial charge in [0.2, 0.25) is 5.91 Å². The van der Waals surface area contributed by atoms with Crippen molar-refractivity contribution in [2.75, 3.05) is 7.11 Å². The molecular weight excluding hydrogens is 358 g/mol. The molecule has 1 amide bonds. The second-order valence-electron chi connectivity index (χ2n) is 5.90. The molecule has 0 saturated carbocycles. The van der Waals surface area contributed by atoms with Gasteiger partial charge in [-0.25, -0.2) is 0 Å². The summed E-state index contributed by atoms with van der Waals surface area (Å²) in [6.07, 6.45) is 4.54. The monoisotopic (exact) mass is 375 g/mol. The van der Waals surface area contributed by atoms with Gasteiger partial charge in [0.1, 0.15) is 11.5 Å². The van der Waals surface area contributed by atoms with Gasteiger partial charge in [-0.3, -0.25) is 4.79 Å². The zero-order valence-electron chi connectivity index (χ0n) is 15.1. The van der Waals surface area contributed by atoms with Crippen molar-refractivity contribution in [3.8, 4) is 17.0 Å². The van der Waals surface area contributed by atoms with Gasteiger partial charge in [-0.05, 0) is 54.6 Å². The molecule has 0 aliphatic heterocycles. The highest BCUT2D eigenvalue weighted by Gasteiger charge is 2.10. The number of amides is 1. The number of nitrogens with one attached hydrogen (secondary N) is 1. The number of hydrogen-bond acceptors (Lipinski definition) is 6. The molecule has 3 heterocycles. The average Bonchev–Trinajstić information content (AvgIpc) is 3.40. The fourth-order valence-electron chi connectivity index (χ4n) is 2.63. The lowest BCUT2D eigenvalue weighted by molar-refractivity contribution is -0.116. The summed E-state index contributed by atoms with van der Waals surface area (Å²) in [6, 6.07) is 14.8. The van der Waals surface area contributed by atoms with Crippen molar-refractivity contribution in [3.63, 3.8) is 0 Å². The number of rotatable bonds is 6. The predicted octanol–water partition coefficient (Wildman–Crippen LogP) is 2.72. The van der Waals surface area contributed by atoms with E-state index in [1.807, 2.05) is 36.4 Å². The topological polar surface area (TPSA) is 94.6 Å². The minimum absolute atomic E-state index is 0.196. The van der Waals surface area contributed by atoms with Crippen molar-refractivity contribution in [1.82, 2.24) is 25.1 Å². The number of nitrogens with zero attached hydrogens (tertiary/aromatic N) is 4. The minimum atomic E-state index is -0.264. The molecule has 0 atom stereocenters. The third-order valence-corrected chi connectivity index (χ3v) is 4.08. The normalized spacial score (nSPS) is 11.2. The van der Waals surface area contributed by atoms with Gasteiger partial charge in [0.25, 0.3) is 0 Å². The summed E-state index contributed by atoms with van der Waals surface area (Å²) in [5, 5.41) is 15.6. The van der Waals surface area contributed by atoms with Gasteiger partial charge in [-0.2, -0.15) is 9.61 Å². The van der Waals surface area contributed by atoms with E-state index in [1.165, 1.54) is 6.08 Å². The number of aromatic nitrogens is 4. The lowest BCUT2D eigenvalue weighted by atomic mass is 10.1. The molecule has 0 unspecified atom stereocenters. The summed E-state index contributed by atoms with van der Waals surface area (Å²) in [4.78, 5) is 12.0. The Labute approximate surface area is 160 Å². The number of ether oxygens (including phenoxy) is 1. The van der Waals surface area contributed by atoms with Crippen LogP contribution in [-0.2, 0) is 11.3 Å².